The van der Waals surface area contributed by atoms with Crippen molar-refractivity contribution in [2.24, 2.45) is 11.7 Å². The Morgan fingerprint density at radius 2 is 2.16 bits per heavy atom. The zero-order valence-electron chi connectivity index (χ0n) is 10.8. The van der Waals surface area contributed by atoms with E-state index in [0.717, 1.165) is 24.9 Å². The van der Waals surface area contributed by atoms with E-state index in [9.17, 15) is 9.59 Å². The Morgan fingerprint density at radius 3 is 2.84 bits per heavy atom. The standard InChI is InChI=1S/C14H19N3O2/c15-13(18)8-10-4-1-2-6-12(10)17-14(19)11-5-3-7-16-9-11/h1-2,4,6,11,16H,3,5,7-9H2,(H2,15,18)(H,17,19). The number of hydrogen-bond donors (Lipinski definition) is 3. The van der Waals surface area contributed by atoms with E-state index in [1.165, 1.54) is 0 Å². The van der Waals surface area contributed by atoms with Crippen LogP contribution >= 0.6 is 0 Å². The predicted molar refractivity (Wildman–Crippen MR) is 73.6 cm³/mol. The summed E-state index contributed by atoms with van der Waals surface area (Å²) in [5, 5.41) is 6.11. The number of nitrogens with one attached hydrogen (secondary N) is 2. The Morgan fingerprint density at radius 1 is 1.37 bits per heavy atom. The fraction of sp³-hybridized carbons (Fsp3) is 0.429. The van der Waals surface area contributed by atoms with Gasteiger partial charge in [0, 0.05) is 12.2 Å². The van der Waals surface area contributed by atoms with Crippen LogP contribution in [0.5, 0.6) is 0 Å². The van der Waals surface area contributed by atoms with Gasteiger partial charge in [-0.3, -0.25) is 9.59 Å². The van der Waals surface area contributed by atoms with Crippen molar-refractivity contribution in [1.29, 1.82) is 0 Å². The highest BCUT2D eigenvalue weighted by Crippen LogP contribution is 2.18. The Kier molecular flexibility index (Phi) is 4.52. The number of carbonyl (C=O) groups is 2. The number of benzene rings is 1. The summed E-state index contributed by atoms with van der Waals surface area (Å²) in [6.45, 7) is 1.69. The summed E-state index contributed by atoms with van der Waals surface area (Å²) < 4.78 is 0. The third-order valence-corrected chi connectivity index (χ3v) is 3.31. The van der Waals surface area contributed by atoms with Crippen molar-refractivity contribution >= 4 is 17.5 Å². The maximum atomic E-state index is 12.1. The lowest BCUT2D eigenvalue weighted by Crippen LogP contribution is -2.37. The first kappa shape index (κ1) is 13.5. The monoisotopic (exact) mass is 261 g/mol. The largest absolute Gasteiger partial charge is 0.369 e. The second-order valence-electron chi connectivity index (χ2n) is 4.83. The number of carbonyl (C=O) groups excluding carboxylic acids is 2. The van der Waals surface area contributed by atoms with Gasteiger partial charge in [0.05, 0.1) is 12.3 Å². The lowest BCUT2D eigenvalue weighted by atomic mass is 9.98. The molecule has 1 aromatic rings. The number of hydrogen-bond acceptors (Lipinski definition) is 3. The quantitative estimate of drug-likeness (QED) is 0.744. The average molecular weight is 261 g/mol. The summed E-state index contributed by atoms with van der Waals surface area (Å²) >= 11 is 0. The SMILES string of the molecule is NC(=O)Cc1ccccc1NC(=O)C1CCCNC1. The number of amides is 2. The topological polar surface area (TPSA) is 84.2 Å². The lowest BCUT2D eigenvalue weighted by Gasteiger charge is -2.22. The summed E-state index contributed by atoms with van der Waals surface area (Å²) in [6, 6.07) is 7.27. The maximum absolute atomic E-state index is 12.1. The van der Waals surface area contributed by atoms with Crippen molar-refractivity contribution in [3.05, 3.63) is 29.8 Å². The molecule has 1 aromatic carbocycles. The molecule has 5 nitrogen and oxygen atoms in total. The minimum atomic E-state index is -0.402. The number of anilines is 1. The molecule has 1 saturated heterocycles. The minimum Gasteiger partial charge on any atom is -0.369 e. The van der Waals surface area contributed by atoms with E-state index in [1.54, 1.807) is 12.1 Å². The molecule has 0 saturated carbocycles. The molecule has 0 aliphatic carbocycles. The highest BCUT2D eigenvalue weighted by atomic mass is 16.2. The van der Waals surface area contributed by atoms with Crippen LogP contribution in [0.25, 0.3) is 0 Å². The molecule has 102 valence electrons. The van der Waals surface area contributed by atoms with Crippen molar-refractivity contribution < 1.29 is 9.59 Å². The Bertz CT molecular complexity index is 468. The minimum absolute atomic E-state index is 0.00382. The molecule has 19 heavy (non-hydrogen) atoms. The van der Waals surface area contributed by atoms with Crippen molar-refractivity contribution in [3.63, 3.8) is 0 Å². The molecule has 0 radical (unpaired) electrons. The average Bonchev–Trinajstić information content (AvgIpc) is 2.41. The summed E-state index contributed by atoms with van der Waals surface area (Å²) in [5.41, 5.74) is 6.64. The smallest absolute Gasteiger partial charge is 0.228 e. The van der Waals surface area contributed by atoms with Gasteiger partial charge in [-0.15, -0.1) is 0 Å². The molecule has 0 spiro atoms. The van der Waals surface area contributed by atoms with Crippen LogP contribution in [0.2, 0.25) is 0 Å². The fourth-order valence-electron chi connectivity index (χ4n) is 2.29. The van der Waals surface area contributed by atoms with Crippen LogP contribution < -0.4 is 16.4 Å². The van der Waals surface area contributed by atoms with Gasteiger partial charge in [0.25, 0.3) is 0 Å². The van der Waals surface area contributed by atoms with Crippen LogP contribution in [0.1, 0.15) is 18.4 Å². The van der Waals surface area contributed by atoms with Crippen LogP contribution in [0, 0.1) is 5.92 Å². The van der Waals surface area contributed by atoms with Gasteiger partial charge in [0.15, 0.2) is 0 Å². The van der Waals surface area contributed by atoms with Crippen LogP contribution in [-0.4, -0.2) is 24.9 Å². The first-order valence-electron chi connectivity index (χ1n) is 6.54. The molecular weight excluding hydrogens is 242 g/mol. The number of rotatable bonds is 4. The van der Waals surface area contributed by atoms with Crippen molar-refractivity contribution in [2.75, 3.05) is 18.4 Å². The molecule has 0 aromatic heterocycles. The first-order valence-corrected chi connectivity index (χ1v) is 6.54. The third-order valence-electron chi connectivity index (χ3n) is 3.31. The van der Waals surface area contributed by atoms with Crippen LogP contribution in [-0.2, 0) is 16.0 Å². The van der Waals surface area contributed by atoms with Gasteiger partial charge in [0.2, 0.25) is 11.8 Å². The Balaban J connectivity index is 2.05. The van der Waals surface area contributed by atoms with Gasteiger partial charge in [-0.2, -0.15) is 0 Å². The molecule has 1 atom stereocenters. The number of para-hydroxylation sites is 1. The molecule has 1 heterocycles. The molecular formula is C14H19N3O2. The van der Waals surface area contributed by atoms with Crippen molar-refractivity contribution in [1.82, 2.24) is 5.32 Å². The van der Waals surface area contributed by atoms with E-state index in [-0.39, 0.29) is 18.2 Å². The van der Waals surface area contributed by atoms with Gasteiger partial charge in [0.1, 0.15) is 0 Å². The molecule has 1 aliphatic heterocycles. The highest BCUT2D eigenvalue weighted by molar-refractivity contribution is 5.94. The van der Waals surface area contributed by atoms with Gasteiger partial charge in [-0.05, 0) is 31.0 Å². The van der Waals surface area contributed by atoms with Crippen molar-refractivity contribution in [3.8, 4) is 0 Å². The summed E-state index contributed by atoms with van der Waals surface area (Å²) in [4.78, 5) is 23.1. The molecule has 2 amide bonds. The highest BCUT2D eigenvalue weighted by Gasteiger charge is 2.21. The summed E-state index contributed by atoms with van der Waals surface area (Å²) in [6.07, 6.45) is 2.05. The van der Waals surface area contributed by atoms with Crippen LogP contribution in [0.3, 0.4) is 0 Å². The molecule has 0 bridgehead atoms. The van der Waals surface area contributed by atoms with Crippen LogP contribution in [0.4, 0.5) is 5.69 Å². The lowest BCUT2D eigenvalue weighted by molar-refractivity contribution is -0.120. The summed E-state index contributed by atoms with van der Waals surface area (Å²) in [7, 11) is 0. The number of piperidine rings is 1. The normalized spacial score (nSPS) is 18.8. The Labute approximate surface area is 112 Å². The van der Waals surface area contributed by atoms with Gasteiger partial charge in [-0.1, -0.05) is 18.2 Å². The molecule has 4 N–H and O–H groups in total. The molecule has 5 heteroatoms. The van der Waals surface area contributed by atoms with Gasteiger partial charge >= 0.3 is 0 Å². The summed E-state index contributed by atoms with van der Waals surface area (Å²) in [5.74, 6) is -0.402. The van der Waals surface area contributed by atoms with E-state index in [2.05, 4.69) is 10.6 Å². The van der Waals surface area contributed by atoms with E-state index in [0.29, 0.717) is 12.2 Å². The molecule has 1 unspecified atom stereocenters. The Hall–Kier alpha value is -1.88. The molecule has 1 aliphatic rings. The van der Waals surface area contributed by atoms with E-state index < -0.39 is 5.91 Å². The van der Waals surface area contributed by atoms with Crippen molar-refractivity contribution in [2.45, 2.75) is 19.3 Å². The second-order valence-corrected chi connectivity index (χ2v) is 4.83. The third kappa shape index (κ3) is 3.79. The van der Waals surface area contributed by atoms with E-state index in [4.69, 9.17) is 5.73 Å². The van der Waals surface area contributed by atoms with Gasteiger partial charge in [-0.25, -0.2) is 0 Å². The zero-order chi connectivity index (χ0) is 13.7. The maximum Gasteiger partial charge on any atom is 0.228 e. The first-order chi connectivity index (χ1) is 9.16. The van der Waals surface area contributed by atoms with E-state index in [1.807, 2.05) is 12.1 Å². The van der Waals surface area contributed by atoms with E-state index >= 15 is 0 Å². The van der Waals surface area contributed by atoms with Crippen LogP contribution in [0.15, 0.2) is 24.3 Å². The molecule has 1 fully saturated rings. The van der Waals surface area contributed by atoms with Gasteiger partial charge < -0.3 is 16.4 Å². The number of nitrogens with two attached hydrogens (primary N) is 1. The fourth-order valence-corrected chi connectivity index (χ4v) is 2.29. The molecule has 2 rings (SSSR count). The second kappa shape index (κ2) is 6.33. The zero-order valence-corrected chi connectivity index (χ0v) is 10.8. The predicted octanol–water partition coefficient (Wildman–Crippen LogP) is 0.652. The number of primary amides is 1.